The lowest BCUT2D eigenvalue weighted by Crippen LogP contribution is -2.23. The van der Waals surface area contributed by atoms with E-state index >= 15 is 0 Å². The molecule has 0 saturated heterocycles. The molecule has 0 unspecified atom stereocenters. The fourth-order valence-electron chi connectivity index (χ4n) is 2.06. The Morgan fingerprint density at radius 2 is 2.33 bits per heavy atom. The molecule has 0 aromatic carbocycles. The molecule has 24 heavy (non-hydrogen) atoms. The van der Waals surface area contributed by atoms with Crippen LogP contribution >= 0.6 is 27.7 Å². The number of carbonyl (C=O) groups is 1. The molecule has 1 amide bonds. The van der Waals surface area contributed by atoms with E-state index in [4.69, 9.17) is 27.2 Å². The van der Waals surface area contributed by atoms with Crippen molar-refractivity contribution >= 4 is 44.9 Å². The van der Waals surface area contributed by atoms with Crippen molar-refractivity contribution in [3.05, 3.63) is 34.6 Å². The highest BCUT2D eigenvalue weighted by Gasteiger charge is 2.18. The van der Waals surface area contributed by atoms with Gasteiger partial charge in [0.2, 0.25) is 5.82 Å². The fraction of sp³-hybridized carbons (Fsp3) is 0.143. The van der Waals surface area contributed by atoms with Gasteiger partial charge in [0.1, 0.15) is 0 Å². The third kappa shape index (κ3) is 3.06. The van der Waals surface area contributed by atoms with Gasteiger partial charge in [-0.3, -0.25) is 4.79 Å². The molecule has 0 fully saturated rings. The number of hydrogen-bond acceptors (Lipinski definition) is 6. The average Bonchev–Trinajstić information content (AvgIpc) is 3.18. The van der Waals surface area contributed by atoms with Gasteiger partial charge in [-0.25, -0.2) is 13.9 Å². The molecule has 0 saturated carbocycles. The fourth-order valence-corrected chi connectivity index (χ4v) is 2.55. The first kappa shape index (κ1) is 16.3. The van der Waals surface area contributed by atoms with Crippen molar-refractivity contribution in [2.45, 2.75) is 6.42 Å². The van der Waals surface area contributed by atoms with Crippen LogP contribution in [0.3, 0.4) is 0 Å². The van der Waals surface area contributed by atoms with Gasteiger partial charge in [-0.2, -0.15) is 5.26 Å². The highest BCUT2D eigenvalue weighted by molar-refractivity contribution is 9.10. The van der Waals surface area contributed by atoms with Crippen molar-refractivity contribution in [3.63, 3.8) is 0 Å². The quantitative estimate of drug-likeness (QED) is 0.663. The molecule has 0 aliphatic carbocycles. The number of nitrogens with two attached hydrogens (primary N) is 1. The molecular formula is C14H10BrClN6O2. The minimum Gasteiger partial charge on any atom is -0.446 e. The molecule has 0 aliphatic heterocycles. The number of amides is 1. The minimum atomic E-state index is -0.474. The summed E-state index contributed by atoms with van der Waals surface area (Å²) in [5, 5.41) is 12.8. The van der Waals surface area contributed by atoms with Gasteiger partial charge in [0.15, 0.2) is 16.1 Å². The Morgan fingerprint density at radius 3 is 3.00 bits per heavy atom. The number of halogens is 2. The first-order valence-electron chi connectivity index (χ1n) is 6.76. The van der Waals surface area contributed by atoms with Gasteiger partial charge in [-0.05, 0) is 34.1 Å². The van der Waals surface area contributed by atoms with Crippen LogP contribution in [0, 0.1) is 11.3 Å². The van der Waals surface area contributed by atoms with Gasteiger partial charge in [0.25, 0.3) is 5.91 Å². The molecule has 3 rings (SSSR count). The maximum Gasteiger partial charge on any atom is 0.269 e. The second-order valence-corrected chi connectivity index (χ2v) is 5.98. The summed E-state index contributed by atoms with van der Waals surface area (Å²) in [6, 6.07) is 6.83. The van der Waals surface area contributed by atoms with Gasteiger partial charge in [-0.15, -0.1) is 5.10 Å². The zero-order valence-corrected chi connectivity index (χ0v) is 14.5. The van der Waals surface area contributed by atoms with Gasteiger partial charge in [0.05, 0.1) is 30.3 Å². The molecule has 3 aromatic rings. The highest BCUT2D eigenvalue weighted by Crippen LogP contribution is 2.24. The summed E-state index contributed by atoms with van der Waals surface area (Å²) in [5.74, 6) is 0.327. The van der Waals surface area contributed by atoms with Crippen LogP contribution in [0.2, 0.25) is 0 Å². The number of rotatable bonds is 4. The highest BCUT2D eigenvalue weighted by atomic mass is 79.9. The maximum absolute atomic E-state index is 12.3. The van der Waals surface area contributed by atoms with E-state index < -0.39 is 5.91 Å². The lowest BCUT2D eigenvalue weighted by molar-refractivity contribution is 0.0865. The van der Waals surface area contributed by atoms with Gasteiger partial charge < -0.3 is 10.2 Å². The number of hydrogen-bond donors (Lipinski definition) is 1. The van der Waals surface area contributed by atoms with Crippen LogP contribution in [0.15, 0.2) is 33.5 Å². The Balaban J connectivity index is 1.98. The van der Waals surface area contributed by atoms with Crippen molar-refractivity contribution < 1.29 is 9.21 Å². The number of anilines is 1. The molecule has 0 radical (unpaired) electrons. The monoisotopic (exact) mass is 408 g/mol. The topological polar surface area (TPSA) is 113 Å². The molecule has 10 heteroatoms. The van der Waals surface area contributed by atoms with E-state index in [1.807, 2.05) is 6.07 Å². The van der Waals surface area contributed by atoms with E-state index in [-0.39, 0.29) is 24.2 Å². The Labute approximate surface area is 149 Å². The van der Waals surface area contributed by atoms with Crippen molar-refractivity contribution in [2.24, 2.45) is 0 Å². The first-order valence-corrected chi connectivity index (χ1v) is 7.89. The molecule has 3 aromatic heterocycles. The van der Waals surface area contributed by atoms with Crippen LogP contribution in [-0.2, 0) is 0 Å². The molecule has 0 bridgehead atoms. The zero-order valence-electron chi connectivity index (χ0n) is 12.1. The molecule has 0 aliphatic rings. The zero-order chi connectivity index (χ0) is 17.3. The van der Waals surface area contributed by atoms with Gasteiger partial charge in [0, 0.05) is 18.0 Å². The predicted octanol–water partition coefficient (Wildman–Crippen LogP) is 2.84. The van der Waals surface area contributed by atoms with Crippen molar-refractivity contribution in [1.82, 2.24) is 19.0 Å². The number of pyridine rings is 1. The Morgan fingerprint density at radius 1 is 1.54 bits per heavy atom. The van der Waals surface area contributed by atoms with E-state index in [1.165, 1.54) is 16.8 Å². The second kappa shape index (κ2) is 6.51. The van der Waals surface area contributed by atoms with Crippen molar-refractivity contribution in [3.8, 4) is 17.7 Å². The van der Waals surface area contributed by atoms with Crippen LogP contribution in [0.5, 0.6) is 0 Å². The standard InChI is InChI=1S/C14H10BrClN6O2/c15-11-3-2-10(24-11)12-19-13-9(18)6-8(7-22(13)20-12)14(23)21(16)5-1-4-17/h2-3,6-7H,1,5,18H2. The summed E-state index contributed by atoms with van der Waals surface area (Å²) in [7, 11) is 0. The summed E-state index contributed by atoms with van der Waals surface area (Å²) in [6.07, 6.45) is 1.61. The largest absolute Gasteiger partial charge is 0.446 e. The third-order valence-electron chi connectivity index (χ3n) is 3.14. The number of nitriles is 1. The second-order valence-electron chi connectivity index (χ2n) is 4.79. The first-order chi connectivity index (χ1) is 11.5. The van der Waals surface area contributed by atoms with Crippen LogP contribution < -0.4 is 5.73 Å². The number of nitrogen functional groups attached to an aromatic ring is 1. The molecule has 122 valence electrons. The lowest BCUT2D eigenvalue weighted by Gasteiger charge is -2.12. The minimum absolute atomic E-state index is 0.109. The van der Waals surface area contributed by atoms with Crippen molar-refractivity contribution in [2.75, 3.05) is 12.3 Å². The smallest absolute Gasteiger partial charge is 0.269 e. The van der Waals surface area contributed by atoms with Crippen LogP contribution in [0.1, 0.15) is 16.8 Å². The van der Waals surface area contributed by atoms with Crippen LogP contribution in [0.4, 0.5) is 5.69 Å². The average molecular weight is 410 g/mol. The number of nitrogens with zero attached hydrogens (tertiary/aromatic N) is 5. The summed E-state index contributed by atoms with van der Waals surface area (Å²) in [6.45, 7) is 0.109. The summed E-state index contributed by atoms with van der Waals surface area (Å²) < 4.78 is 8.29. The molecule has 3 heterocycles. The lowest BCUT2D eigenvalue weighted by atomic mass is 10.2. The Hall–Kier alpha value is -2.57. The SMILES string of the molecule is N#CCCN(Cl)C(=O)c1cc(N)c2nc(-c3ccc(Br)o3)nn2c1. The van der Waals surface area contributed by atoms with Crippen molar-refractivity contribution in [1.29, 1.82) is 5.26 Å². The number of fused-ring (bicyclic) bond motifs is 1. The number of carbonyl (C=O) groups excluding carboxylic acids is 1. The molecule has 0 atom stereocenters. The van der Waals surface area contributed by atoms with Crippen LogP contribution in [-0.4, -0.2) is 31.5 Å². The normalized spacial score (nSPS) is 10.7. The van der Waals surface area contributed by atoms with E-state index in [2.05, 4.69) is 26.0 Å². The summed E-state index contributed by atoms with van der Waals surface area (Å²) in [5.41, 5.74) is 6.87. The molecular weight excluding hydrogens is 400 g/mol. The van der Waals surface area contributed by atoms with E-state index in [9.17, 15) is 4.79 Å². The predicted molar refractivity (Wildman–Crippen MR) is 89.9 cm³/mol. The van der Waals surface area contributed by atoms with E-state index in [0.29, 0.717) is 21.9 Å². The van der Waals surface area contributed by atoms with Crippen LogP contribution in [0.25, 0.3) is 17.2 Å². The molecule has 2 N–H and O–H groups in total. The Bertz CT molecular complexity index is 960. The Kier molecular flexibility index (Phi) is 4.42. The molecule has 0 spiro atoms. The van der Waals surface area contributed by atoms with E-state index in [1.54, 1.807) is 12.1 Å². The number of aromatic nitrogens is 3. The summed E-state index contributed by atoms with van der Waals surface area (Å²) >= 11 is 9.09. The van der Waals surface area contributed by atoms with Gasteiger partial charge >= 0.3 is 0 Å². The third-order valence-corrected chi connectivity index (χ3v) is 3.89. The maximum atomic E-state index is 12.3. The van der Waals surface area contributed by atoms with Gasteiger partial charge in [-0.1, -0.05) is 0 Å². The molecule has 8 nitrogen and oxygen atoms in total. The number of furan rings is 1. The summed E-state index contributed by atoms with van der Waals surface area (Å²) in [4.78, 5) is 16.6. The van der Waals surface area contributed by atoms with E-state index in [0.717, 1.165) is 4.42 Å².